The summed E-state index contributed by atoms with van der Waals surface area (Å²) in [5.74, 6) is 3.80. The van der Waals surface area contributed by atoms with E-state index in [-0.39, 0.29) is 5.41 Å². The molecule has 0 N–H and O–H groups in total. The van der Waals surface area contributed by atoms with Gasteiger partial charge in [-0.2, -0.15) is 0 Å². The Balaban J connectivity index is 1.60. The molecule has 1 heterocycles. The van der Waals surface area contributed by atoms with E-state index < -0.39 is 0 Å². The molecule has 6 unspecified atom stereocenters. The number of anilines is 1. The maximum Gasteiger partial charge on any atom is 0.0408 e. The highest BCUT2D eigenvalue weighted by Crippen LogP contribution is 2.46. The van der Waals surface area contributed by atoms with E-state index >= 15 is 0 Å². The number of aryl methyl sites for hydroxylation is 1. The lowest BCUT2D eigenvalue weighted by atomic mass is 9.65. The Morgan fingerprint density at radius 1 is 1.07 bits per heavy atom. The van der Waals surface area contributed by atoms with Gasteiger partial charge in [0, 0.05) is 29.2 Å². The highest BCUT2D eigenvalue weighted by molar-refractivity contribution is 6.30. The fourth-order valence-corrected chi connectivity index (χ4v) is 7.77. The van der Waals surface area contributed by atoms with Crippen LogP contribution in [0.15, 0.2) is 55.1 Å². The van der Waals surface area contributed by atoms with Gasteiger partial charge >= 0.3 is 0 Å². The average molecular weight is 574 g/mol. The first-order valence-electron chi connectivity index (χ1n) is 16.6. The quantitative estimate of drug-likeness (QED) is 0.215. The molecular formula is C39H56ClN. The van der Waals surface area contributed by atoms with Crippen molar-refractivity contribution < 1.29 is 0 Å². The van der Waals surface area contributed by atoms with Crippen LogP contribution >= 0.6 is 11.6 Å². The second-order valence-corrected chi connectivity index (χ2v) is 14.3. The molecule has 4 rings (SSSR count). The average Bonchev–Trinajstić information content (AvgIpc) is 2.93. The topological polar surface area (TPSA) is 3.24 Å². The highest BCUT2D eigenvalue weighted by Gasteiger charge is 2.41. The number of fused-ring (bicyclic) bond motifs is 1. The van der Waals surface area contributed by atoms with E-state index in [0.717, 1.165) is 66.6 Å². The van der Waals surface area contributed by atoms with Gasteiger partial charge in [-0.25, -0.2) is 0 Å². The number of hydrogen-bond acceptors (Lipinski definition) is 1. The summed E-state index contributed by atoms with van der Waals surface area (Å²) in [5, 5.41) is 0.856. The fourth-order valence-electron chi connectivity index (χ4n) is 7.58. The van der Waals surface area contributed by atoms with Crippen molar-refractivity contribution in [1.82, 2.24) is 0 Å². The van der Waals surface area contributed by atoms with Crippen LogP contribution < -0.4 is 4.90 Å². The molecule has 0 spiro atoms. The van der Waals surface area contributed by atoms with E-state index in [1.165, 1.54) is 60.0 Å². The summed E-state index contributed by atoms with van der Waals surface area (Å²) in [6.07, 6.45) is 14.8. The van der Waals surface area contributed by atoms with Crippen LogP contribution in [-0.2, 0) is 18.3 Å². The van der Waals surface area contributed by atoms with Gasteiger partial charge in [-0.05, 0) is 115 Å². The van der Waals surface area contributed by atoms with Crippen molar-refractivity contribution in [1.29, 1.82) is 0 Å². The summed E-state index contributed by atoms with van der Waals surface area (Å²) < 4.78 is 0. The van der Waals surface area contributed by atoms with Crippen LogP contribution in [0.1, 0.15) is 109 Å². The fraction of sp³-hybridized carbons (Fsp3) is 0.590. The van der Waals surface area contributed by atoms with Crippen LogP contribution in [0.25, 0.3) is 5.57 Å². The first kappa shape index (κ1) is 31.9. The molecule has 1 aliphatic heterocycles. The number of hydrogen-bond donors (Lipinski definition) is 0. The summed E-state index contributed by atoms with van der Waals surface area (Å²) in [6, 6.07) is 13.7. The monoisotopic (exact) mass is 573 g/mol. The lowest BCUT2D eigenvalue weighted by Gasteiger charge is -2.49. The molecule has 0 radical (unpaired) electrons. The Morgan fingerprint density at radius 3 is 2.49 bits per heavy atom. The minimum Gasteiger partial charge on any atom is -0.370 e. The van der Waals surface area contributed by atoms with Crippen molar-refractivity contribution in [2.24, 2.45) is 29.6 Å². The number of benzene rings is 2. The smallest absolute Gasteiger partial charge is 0.0408 e. The summed E-state index contributed by atoms with van der Waals surface area (Å²) in [6.45, 7) is 22.9. The molecule has 0 aromatic heterocycles. The van der Waals surface area contributed by atoms with Gasteiger partial charge < -0.3 is 4.90 Å². The van der Waals surface area contributed by atoms with Gasteiger partial charge in [0.2, 0.25) is 0 Å². The van der Waals surface area contributed by atoms with Crippen LogP contribution in [0.2, 0.25) is 5.02 Å². The Kier molecular flexibility index (Phi) is 10.9. The predicted octanol–water partition coefficient (Wildman–Crippen LogP) is 11.3. The minimum absolute atomic E-state index is 0.0578. The second kappa shape index (κ2) is 14.0. The first-order valence-corrected chi connectivity index (χ1v) is 17.0. The molecule has 2 aliphatic rings. The van der Waals surface area contributed by atoms with E-state index in [9.17, 15) is 0 Å². The van der Waals surface area contributed by atoms with Crippen molar-refractivity contribution in [3.8, 4) is 0 Å². The molecular weight excluding hydrogens is 518 g/mol. The molecule has 1 saturated carbocycles. The molecule has 0 saturated heterocycles. The molecule has 2 heteroatoms. The van der Waals surface area contributed by atoms with Crippen LogP contribution in [-0.4, -0.2) is 13.1 Å². The third kappa shape index (κ3) is 7.33. The summed E-state index contributed by atoms with van der Waals surface area (Å²) in [4.78, 5) is 2.76. The van der Waals surface area contributed by atoms with Crippen LogP contribution in [0, 0.1) is 29.6 Å². The molecule has 224 valence electrons. The Morgan fingerprint density at radius 2 is 1.85 bits per heavy atom. The Hall–Kier alpha value is -1.99. The summed E-state index contributed by atoms with van der Waals surface area (Å²) in [5.41, 5.74) is 8.29. The number of halogens is 1. The van der Waals surface area contributed by atoms with Crippen molar-refractivity contribution >= 4 is 22.9 Å². The van der Waals surface area contributed by atoms with Gasteiger partial charge in [-0.1, -0.05) is 108 Å². The Bertz CT molecular complexity index is 1210. The number of rotatable bonds is 13. The van der Waals surface area contributed by atoms with Crippen LogP contribution in [0.5, 0.6) is 0 Å². The van der Waals surface area contributed by atoms with Crippen LogP contribution in [0.4, 0.5) is 5.69 Å². The van der Waals surface area contributed by atoms with Crippen molar-refractivity contribution in [3.63, 3.8) is 0 Å². The van der Waals surface area contributed by atoms with E-state index in [0.29, 0.717) is 5.92 Å². The molecule has 2 aromatic carbocycles. The molecule has 1 nitrogen and oxygen atoms in total. The standard InChI is InChI=1S/C39H56ClN/c1-9-13-32-22-35(40)19-21-37(32)39(8)24-33-17-16-31(27(4)5)23-38(33)41(26-39)25-34-18-20-36(34)30(11-3)15-12-14-29(7)28(6)10-2/h12,15-17,19,21-23,28-30,34,36H,4,9-11,13-14,18,20,24-26H2,1-3,5-8H3/b15-12+. The van der Waals surface area contributed by atoms with Crippen LogP contribution in [0.3, 0.4) is 0 Å². The zero-order valence-electron chi connectivity index (χ0n) is 27.1. The van der Waals surface area contributed by atoms with Gasteiger partial charge in [-0.15, -0.1) is 0 Å². The molecule has 1 aliphatic carbocycles. The third-order valence-corrected chi connectivity index (χ3v) is 11.0. The van der Waals surface area contributed by atoms with Gasteiger partial charge in [0.25, 0.3) is 0 Å². The molecule has 0 bridgehead atoms. The minimum atomic E-state index is 0.0578. The van der Waals surface area contributed by atoms with E-state index in [2.05, 4.69) is 108 Å². The zero-order valence-corrected chi connectivity index (χ0v) is 27.9. The number of nitrogens with zero attached hydrogens (tertiary/aromatic N) is 1. The lowest BCUT2D eigenvalue weighted by Crippen LogP contribution is -2.49. The molecule has 6 atom stereocenters. The molecule has 41 heavy (non-hydrogen) atoms. The maximum absolute atomic E-state index is 6.50. The van der Waals surface area contributed by atoms with Gasteiger partial charge in [-0.3, -0.25) is 0 Å². The van der Waals surface area contributed by atoms with Crippen molar-refractivity contribution in [3.05, 3.63) is 82.4 Å². The predicted molar refractivity (Wildman–Crippen MR) is 182 cm³/mol. The zero-order chi connectivity index (χ0) is 29.7. The van der Waals surface area contributed by atoms with Crippen molar-refractivity contribution in [2.45, 2.75) is 105 Å². The molecule has 0 amide bonds. The second-order valence-electron chi connectivity index (χ2n) is 13.9. The van der Waals surface area contributed by atoms with Gasteiger partial charge in [0.1, 0.15) is 0 Å². The molecule has 2 aromatic rings. The molecule has 1 fully saturated rings. The Labute approximate surface area is 257 Å². The van der Waals surface area contributed by atoms with E-state index in [4.69, 9.17) is 11.6 Å². The van der Waals surface area contributed by atoms with E-state index in [1.807, 2.05) is 0 Å². The lowest BCUT2D eigenvalue weighted by molar-refractivity contribution is 0.127. The highest BCUT2D eigenvalue weighted by atomic mass is 35.5. The summed E-state index contributed by atoms with van der Waals surface area (Å²) in [7, 11) is 0. The third-order valence-electron chi connectivity index (χ3n) is 10.7. The van der Waals surface area contributed by atoms with Gasteiger partial charge in [0.15, 0.2) is 0 Å². The number of allylic oxidation sites excluding steroid dienone is 3. The normalized spacial score (nSPS) is 24.5. The van der Waals surface area contributed by atoms with Gasteiger partial charge in [0.05, 0.1) is 0 Å². The maximum atomic E-state index is 6.50. The van der Waals surface area contributed by atoms with E-state index in [1.54, 1.807) is 0 Å². The largest absolute Gasteiger partial charge is 0.370 e. The SMILES string of the molecule is C=C(C)c1ccc2c(c1)N(CC1CCC1C(/C=C/CC(C)C(C)CC)CC)CC(C)(c1ccc(Cl)cc1CCC)C2. The first-order chi connectivity index (χ1) is 19.6. The summed E-state index contributed by atoms with van der Waals surface area (Å²) >= 11 is 6.50. The van der Waals surface area contributed by atoms with Crippen molar-refractivity contribution in [2.75, 3.05) is 18.0 Å².